The lowest BCUT2D eigenvalue weighted by Crippen LogP contribution is -2.32. The summed E-state index contributed by atoms with van der Waals surface area (Å²) in [5.41, 5.74) is 2.89. The van der Waals surface area contributed by atoms with Crippen LogP contribution in [0.25, 0.3) is 11.5 Å². The van der Waals surface area contributed by atoms with E-state index in [0.29, 0.717) is 41.9 Å². The maximum absolute atomic E-state index is 12.3. The second-order valence-electron chi connectivity index (χ2n) is 8.04. The maximum Gasteiger partial charge on any atom is 0.226 e. The Balaban J connectivity index is 1.38. The second-order valence-corrected chi connectivity index (χ2v) is 9.02. The van der Waals surface area contributed by atoms with E-state index in [2.05, 4.69) is 46.4 Å². The fourth-order valence-corrected chi connectivity index (χ4v) is 4.60. The highest BCUT2D eigenvalue weighted by molar-refractivity contribution is 7.99. The number of para-hydroxylation sites is 1. The second kappa shape index (κ2) is 13.8. The van der Waals surface area contributed by atoms with Gasteiger partial charge in [-0.15, -0.1) is 11.8 Å². The van der Waals surface area contributed by atoms with Crippen LogP contribution in [-0.4, -0.2) is 56.9 Å². The van der Waals surface area contributed by atoms with Gasteiger partial charge < -0.3 is 24.1 Å². The smallest absolute Gasteiger partial charge is 0.226 e. The molecule has 188 valence electrons. The van der Waals surface area contributed by atoms with Crippen LogP contribution in [0.1, 0.15) is 24.8 Å². The van der Waals surface area contributed by atoms with Gasteiger partial charge in [-0.3, -0.25) is 4.79 Å². The van der Waals surface area contributed by atoms with Crippen molar-refractivity contribution in [3.8, 4) is 23.0 Å². The number of hydrogen-bond donors (Lipinski definition) is 1. The Kier molecular flexibility index (Phi) is 10.5. The number of aromatic nitrogens is 1. The van der Waals surface area contributed by atoms with E-state index in [0.717, 1.165) is 36.7 Å². The van der Waals surface area contributed by atoms with Gasteiger partial charge >= 0.3 is 0 Å². The highest BCUT2D eigenvalue weighted by Gasteiger charge is 2.14. The number of ether oxygens (including phenoxy) is 2. The molecule has 0 saturated heterocycles. The molecule has 0 amide bonds. The number of hydrogen-bond acceptors (Lipinski definition) is 8. The molecule has 1 aromatic heterocycles. The first kappa shape index (κ1) is 26.6. The lowest BCUT2D eigenvalue weighted by atomic mass is 10.2. The standard InChI is InChI=1S/C27H35N3O4S/c1-5-30(22-9-7-6-8-10-22)16-15-28-14-13-23(31)18-35-19-24-20(2)34-27(29-24)21-11-12-25(32-3)26(17-21)33-4/h6-12,17,28H,5,13-16,18-19H2,1-4H3. The quantitative estimate of drug-likeness (QED) is 0.295. The first-order valence-corrected chi connectivity index (χ1v) is 13.0. The van der Waals surface area contributed by atoms with Crippen molar-refractivity contribution in [3.63, 3.8) is 0 Å². The van der Waals surface area contributed by atoms with E-state index in [9.17, 15) is 4.79 Å². The minimum atomic E-state index is 0.235. The van der Waals surface area contributed by atoms with E-state index in [-0.39, 0.29) is 5.78 Å². The molecule has 3 rings (SSSR count). The molecule has 8 heteroatoms. The molecule has 0 spiro atoms. The molecule has 0 aliphatic carbocycles. The molecular weight excluding hydrogens is 462 g/mol. The first-order chi connectivity index (χ1) is 17.0. The van der Waals surface area contributed by atoms with Crippen molar-refractivity contribution in [2.45, 2.75) is 26.0 Å². The number of oxazole rings is 1. The molecule has 0 atom stereocenters. The highest BCUT2D eigenvalue weighted by atomic mass is 32.2. The predicted octanol–water partition coefficient (Wildman–Crippen LogP) is 4.98. The molecule has 0 aliphatic heterocycles. The highest BCUT2D eigenvalue weighted by Crippen LogP contribution is 2.33. The molecular formula is C27H35N3O4S. The summed E-state index contributed by atoms with van der Waals surface area (Å²) in [6, 6.07) is 15.9. The van der Waals surface area contributed by atoms with E-state index in [1.54, 1.807) is 26.0 Å². The number of carbonyl (C=O) groups excluding carboxylic acids is 1. The fraction of sp³-hybridized carbons (Fsp3) is 0.407. The molecule has 7 nitrogen and oxygen atoms in total. The number of nitrogens with one attached hydrogen (secondary N) is 1. The van der Waals surface area contributed by atoms with Crippen molar-refractivity contribution in [2.24, 2.45) is 0 Å². The van der Waals surface area contributed by atoms with Gasteiger partial charge in [0.25, 0.3) is 0 Å². The topological polar surface area (TPSA) is 76.8 Å². The van der Waals surface area contributed by atoms with Gasteiger partial charge in [0.15, 0.2) is 11.5 Å². The third-order valence-corrected chi connectivity index (χ3v) is 6.67. The monoisotopic (exact) mass is 497 g/mol. The Morgan fingerprint density at radius 2 is 1.86 bits per heavy atom. The average molecular weight is 498 g/mol. The molecule has 35 heavy (non-hydrogen) atoms. The largest absolute Gasteiger partial charge is 0.493 e. The number of anilines is 1. The Morgan fingerprint density at radius 1 is 1.09 bits per heavy atom. The molecule has 0 saturated carbocycles. The normalized spacial score (nSPS) is 10.9. The lowest BCUT2D eigenvalue weighted by molar-refractivity contribution is -0.116. The van der Waals surface area contributed by atoms with Crippen molar-refractivity contribution < 1.29 is 18.7 Å². The van der Waals surface area contributed by atoms with E-state index >= 15 is 0 Å². The van der Waals surface area contributed by atoms with E-state index in [4.69, 9.17) is 13.9 Å². The Labute approximate surface area is 212 Å². The molecule has 2 aromatic carbocycles. The summed E-state index contributed by atoms with van der Waals surface area (Å²) in [6.07, 6.45) is 0.527. The van der Waals surface area contributed by atoms with Crippen molar-refractivity contribution in [2.75, 3.05) is 51.1 Å². The van der Waals surface area contributed by atoms with E-state index in [1.165, 1.54) is 5.69 Å². The lowest BCUT2D eigenvalue weighted by Gasteiger charge is -2.23. The summed E-state index contributed by atoms with van der Waals surface area (Å²) in [4.78, 5) is 19.3. The molecule has 0 bridgehead atoms. The SMILES string of the molecule is CCN(CCNCCC(=O)CSCc1nc(-c2ccc(OC)c(OC)c2)oc1C)c1ccccc1. The zero-order valence-electron chi connectivity index (χ0n) is 21.0. The Hall–Kier alpha value is -2.97. The van der Waals surface area contributed by atoms with Gasteiger partial charge in [0.2, 0.25) is 5.89 Å². The van der Waals surface area contributed by atoms with Crippen LogP contribution in [0.5, 0.6) is 11.5 Å². The minimum absolute atomic E-state index is 0.235. The summed E-state index contributed by atoms with van der Waals surface area (Å²) < 4.78 is 16.5. The number of Topliss-reactive ketones (excluding diaryl/α,β-unsaturated/α-hetero) is 1. The van der Waals surface area contributed by atoms with Crippen LogP contribution in [-0.2, 0) is 10.5 Å². The number of aryl methyl sites for hydroxylation is 1. The third-order valence-electron chi connectivity index (χ3n) is 5.67. The van der Waals surface area contributed by atoms with Gasteiger partial charge in [-0.2, -0.15) is 0 Å². The van der Waals surface area contributed by atoms with Gasteiger partial charge in [-0.1, -0.05) is 18.2 Å². The van der Waals surface area contributed by atoms with Gasteiger partial charge in [-0.25, -0.2) is 4.98 Å². The Bertz CT molecular complexity index is 1070. The fourth-order valence-electron chi connectivity index (χ4n) is 3.66. The predicted molar refractivity (Wildman–Crippen MR) is 143 cm³/mol. The van der Waals surface area contributed by atoms with Gasteiger partial charge in [0.1, 0.15) is 11.5 Å². The zero-order chi connectivity index (χ0) is 25.0. The molecule has 0 radical (unpaired) electrons. The number of methoxy groups -OCH3 is 2. The van der Waals surface area contributed by atoms with Crippen LogP contribution >= 0.6 is 11.8 Å². The zero-order valence-corrected chi connectivity index (χ0v) is 21.8. The summed E-state index contributed by atoms with van der Waals surface area (Å²) >= 11 is 1.57. The van der Waals surface area contributed by atoms with Crippen LogP contribution in [0.15, 0.2) is 52.9 Å². The number of ketones is 1. The van der Waals surface area contributed by atoms with Crippen LogP contribution in [0.2, 0.25) is 0 Å². The van der Waals surface area contributed by atoms with Crippen LogP contribution in [0.3, 0.4) is 0 Å². The first-order valence-electron chi connectivity index (χ1n) is 11.8. The van der Waals surface area contributed by atoms with Gasteiger partial charge in [0, 0.05) is 49.6 Å². The van der Waals surface area contributed by atoms with E-state index < -0.39 is 0 Å². The molecule has 0 aliphatic rings. The molecule has 1 N–H and O–H groups in total. The summed E-state index contributed by atoms with van der Waals surface area (Å²) in [5.74, 6) is 3.90. The van der Waals surface area contributed by atoms with Crippen LogP contribution in [0.4, 0.5) is 5.69 Å². The molecule has 0 unspecified atom stereocenters. The summed E-state index contributed by atoms with van der Waals surface area (Å²) in [5, 5.41) is 3.39. The summed E-state index contributed by atoms with van der Waals surface area (Å²) in [7, 11) is 3.20. The van der Waals surface area contributed by atoms with Crippen molar-refractivity contribution in [3.05, 3.63) is 60.0 Å². The van der Waals surface area contributed by atoms with Crippen LogP contribution in [0, 0.1) is 6.92 Å². The Morgan fingerprint density at radius 3 is 2.57 bits per heavy atom. The van der Waals surface area contributed by atoms with Crippen molar-refractivity contribution in [1.82, 2.24) is 10.3 Å². The average Bonchev–Trinajstić information content (AvgIpc) is 3.26. The molecule has 1 heterocycles. The molecule has 0 fully saturated rings. The van der Waals surface area contributed by atoms with Crippen molar-refractivity contribution in [1.29, 1.82) is 0 Å². The summed E-state index contributed by atoms with van der Waals surface area (Å²) in [6.45, 7) is 7.46. The van der Waals surface area contributed by atoms with Gasteiger partial charge in [-0.05, 0) is 44.2 Å². The van der Waals surface area contributed by atoms with Gasteiger partial charge in [0.05, 0.1) is 25.7 Å². The maximum atomic E-state index is 12.3. The minimum Gasteiger partial charge on any atom is -0.493 e. The number of nitrogens with zero attached hydrogens (tertiary/aromatic N) is 2. The third kappa shape index (κ3) is 7.77. The van der Waals surface area contributed by atoms with Crippen molar-refractivity contribution >= 4 is 23.2 Å². The van der Waals surface area contributed by atoms with Crippen LogP contribution < -0.4 is 19.7 Å². The number of carbonyl (C=O) groups is 1. The van der Waals surface area contributed by atoms with E-state index in [1.807, 2.05) is 31.2 Å². The number of benzene rings is 2. The number of thioether (sulfide) groups is 1. The molecule has 3 aromatic rings. The number of rotatable bonds is 15. The number of likely N-dealkylation sites (N-methyl/N-ethyl adjacent to an activating group) is 1.